The first kappa shape index (κ1) is 11.7. The van der Waals surface area contributed by atoms with Gasteiger partial charge in [-0.3, -0.25) is 0 Å². The van der Waals surface area contributed by atoms with Crippen molar-refractivity contribution in [1.29, 1.82) is 0 Å². The molecule has 0 saturated heterocycles. The first-order valence-corrected chi connectivity index (χ1v) is 6.38. The summed E-state index contributed by atoms with van der Waals surface area (Å²) in [5.74, 6) is 0. The lowest BCUT2D eigenvalue weighted by molar-refractivity contribution is 0.786. The Labute approximate surface area is 105 Å². The van der Waals surface area contributed by atoms with Crippen LogP contribution in [0.5, 0.6) is 0 Å². The molecule has 0 unspecified atom stereocenters. The Balaban J connectivity index is 2.23. The van der Waals surface area contributed by atoms with E-state index < -0.39 is 0 Å². The van der Waals surface area contributed by atoms with Gasteiger partial charge in [-0.05, 0) is 37.1 Å². The number of benzene rings is 1. The summed E-state index contributed by atoms with van der Waals surface area (Å²) in [5, 5.41) is 0. The fourth-order valence-corrected chi connectivity index (χ4v) is 2.47. The van der Waals surface area contributed by atoms with Crippen molar-refractivity contribution in [2.75, 3.05) is 18.0 Å². The monoisotopic (exact) mass is 280 g/mol. The minimum atomic E-state index is 0.592. The van der Waals surface area contributed by atoms with Crippen LogP contribution in [0.1, 0.15) is 18.9 Å². The molecule has 1 aromatic carbocycles. The van der Waals surface area contributed by atoms with Crippen molar-refractivity contribution in [3.63, 3.8) is 0 Å². The summed E-state index contributed by atoms with van der Waals surface area (Å²) < 4.78 is 1.11. The smallest absolute Gasteiger partial charge is 0.0383 e. The minimum Gasteiger partial charge on any atom is -0.367 e. The maximum absolute atomic E-state index is 5.69. The lowest BCUT2D eigenvalue weighted by Crippen LogP contribution is -2.28. The molecule has 0 atom stereocenters. The number of rotatable bonds is 2. The lowest BCUT2D eigenvalue weighted by atomic mass is 10.1. The zero-order valence-corrected chi connectivity index (χ0v) is 11.1. The fourth-order valence-electron chi connectivity index (χ4n) is 1.94. The van der Waals surface area contributed by atoms with Crippen LogP contribution in [-0.4, -0.2) is 13.1 Å². The highest BCUT2D eigenvalue weighted by molar-refractivity contribution is 9.10. The van der Waals surface area contributed by atoms with Gasteiger partial charge in [0.2, 0.25) is 0 Å². The average molecular weight is 281 g/mol. The van der Waals surface area contributed by atoms with Gasteiger partial charge in [0, 0.05) is 29.8 Å². The Morgan fingerprint density at radius 3 is 2.81 bits per heavy atom. The molecule has 0 fully saturated rings. The number of nitrogens with two attached hydrogens (primary N) is 1. The van der Waals surface area contributed by atoms with Crippen molar-refractivity contribution >= 4 is 21.6 Å². The Hall–Kier alpha value is -0.800. The number of anilines is 1. The molecule has 0 spiro atoms. The van der Waals surface area contributed by atoms with E-state index in [9.17, 15) is 0 Å². The maximum Gasteiger partial charge on any atom is 0.0383 e. The zero-order valence-electron chi connectivity index (χ0n) is 9.54. The van der Waals surface area contributed by atoms with Crippen LogP contribution >= 0.6 is 15.9 Å². The second kappa shape index (κ2) is 5.02. The van der Waals surface area contributed by atoms with Gasteiger partial charge < -0.3 is 10.6 Å². The molecule has 16 heavy (non-hydrogen) atoms. The molecule has 2 nitrogen and oxygen atoms in total. The summed E-state index contributed by atoms with van der Waals surface area (Å²) in [7, 11) is 0. The molecule has 1 heterocycles. The SMILES string of the molecule is CC1=CCN(c2cc(Br)cc(CN)c2)CC1. The van der Waals surface area contributed by atoms with E-state index in [0.717, 1.165) is 24.0 Å². The van der Waals surface area contributed by atoms with Crippen molar-refractivity contribution < 1.29 is 0 Å². The Bertz CT molecular complexity index is 412. The van der Waals surface area contributed by atoms with E-state index in [0.29, 0.717) is 6.54 Å². The third kappa shape index (κ3) is 2.66. The van der Waals surface area contributed by atoms with E-state index in [1.807, 2.05) is 0 Å². The first-order chi connectivity index (χ1) is 7.69. The fraction of sp³-hybridized carbons (Fsp3) is 0.385. The van der Waals surface area contributed by atoms with Crippen molar-refractivity contribution in [1.82, 2.24) is 0 Å². The molecule has 2 rings (SSSR count). The highest BCUT2D eigenvalue weighted by atomic mass is 79.9. The summed E-state index contributed by atoms with van der Waals surface area (Å²) in [6, 6.07) is 6.42. The number of hydrogen-bond donors (Lipinski definition) is 1. The zero-order chi connectivity index (χ0) is 11.5. The summed E-state index contributed by atoms with van der Waals surface area (Å²) in [6.45, 7) is 4.90. The van der Waals surface area contributed by atoms with E-state index in [2.05, 4.69) is 52.0 Å². The first-order valence-electron chi connectivity index (χ1n) is 5.59. The van der Waals surface area contributed by atoms with Crippen LogP contribution in [0.15, 0.2) is 34.3 Å². The average Bonchev–Trinajstić information content (AvgIpc) is 2.29. The third-order valence-corrected chi connectivity index (χ3v) is 3.44. The molecule has 1 aromatic rings. The van der Waals surface area contributed by atoms with Crippen LogP contribution in [0.25, 0.3) is 0 Å². The molecule has 3 heteroatoms. The van der Waals surface area contributed by atoms with Gasteiger partial charge in [-0.15, -0.1) is 0 Å². The molecular formula is C13H17BrN2. The maximum atomic E-state index is 5.69. The summed E-state index contributed by atoms with van der Waals surface area (Å²) >= 11 is 3.53. The van der Waals surface area contributed by atoms with Gasteiger partial charge >= 0.3 is 0 Å². The Kier molecular flexibility index (Phi) is 3.66. The molecule has 0 bridgehead atoms. The van der Waals surface area contributed by atoms with E-state index >= 15 is 0 Å². The third-order valence-electron chi connectivity index (χ3n) is 2.98. The molecule has 0 aliphatic carbocycles. The van der Waals surface area contributed by atoms with Gasteiger partial charge in [0.1, 0.15) is 0 Å². The Morgan fingerprint density at radius 1 is 1.38 bits per heavy atom. The van der Waals surface area contributed by atoms with Crippen LogP contribution in [-0.2, 0) is 6.54 Å². The van der Waals surface area contributed by atoms with Crippen molar-refractivity contribution in [2.45, 2.75) is 19.9 Å². The number of nitrogens with zero attached hydrogens (tertiary/aromatic N) is 1. The highest BCUT2D eigenvalue weighted by Gasteiger charge is 2.11. The van der Waals surface area contributed by atoms with Gasteiger partial charge in [-0.1, -0.05) is 27.6 Å². The van der Waals surface area contributed by atoms with Crippen molar-refractivity contribution in [2.24, 2.45) is 5.73 Å². The molecule has 2 N–H and O–H groups in total. The predicted molar refractivity (Wildman–Crippen MR) is 72.6 cm³/mol. The second-order valence-corrected chi connectivity index (χ2v) is 5.18. The molecule has 0 aromatic heterocycles. The number of halogens is 1. The van der Waals surface area contributed by atoms with Crippen LogP contribution in [0.4, 0.5) is 5.69 Å². The summed E-state index contributed by atoms with van der Waals surface area (Å²) in [6.07, 6.45) is 3.46. The van der Waals surface area contributed by atoms with Gasteiger partial charge in [-0.25, -0.2) is 0 Å². The largest absolute Gasteiger partial charge is 0.367 e. The van der Waals surface area contributed by atoms with Gasteiger partial charge in [0.05, 0.1) is 0 Å². The minimum absolute atomic E-state index is 0.592. The van der Waals surface area contributed by atoms with Gasteiger partial charge in [0.25, 0.3) is 0 Å². The summed E-state index contributed by atoms with van der Waals surface area (Å²) in [5.41, 5.74) is 9.62. The molecule has 0 radical (unpaired) electrons. The van der Waals surface area contributed by atoms with Crippen molar-refractivity contribution in [3.05, 3.63) is 39.9 Å². The molecule has 86 valence electrons. The van der Waals surface area contributed by atoms with E-state index in [-0.39, 0.29) is 0 Å². The standard InChI is InChI=1S/C13H17BrN2/c1-10-2-4-16(5-3-10)13-7-11(9-15)6-12(14)8-13/h2,6-8H,3-5,9,15H2,1H3. The summed E-state index contributed by atoms with van der Waals surface area (Å²) in [4.78, 5) is 2.39. The van der Waals surface area contributed by atoms with Crippen LogP contribution in [0.3, 0.4) is 0 Å². The molecular weight excluding hydrogens is 264 g/mol. The number of hydrogen-bond acceptors (Lipinski definition) is 2. The second-order valence-electron chi connectivity index (χ2n) is 4.27. The predicted octanol–water partition coefficient (Wildman–Crippen LogP) is 3.06. The normalized spacial score (nSPS) is 16.2. The van der Waals surface area contributed by atoms with Gasteiger partial charge in [-0.2, -0.15) is 0 Å². The quantitative estimate of drug-likeness (QED) is 0.844. The highest BCUT2D eigenvalue weighted by Crippen LogP contribution is 2.25. The molecule has 1 aliphatic heterocycles. The molecule has 0 saturated carbocycles. The Morgan fingerprint density at radius 2 is 2.19 bits per heavy atom. The van der Waals surface area contributed by atoms with Crippen LogP contribution in [0, 0.1) is 0 Å². The van der Waals surface area contributed by atoms with E-state index in [4.69, 9.17) is 5.73 Å². The van der Waals surface area contributed by atoms with Gasteiger partial charge in [0.15, 0.2) is 0 Å². The van der Waals surface area contributed by atoms with Crippen LogP contribution in [0.2, 0.25) is 0 Å². The van der Waals surface area contributed by atoms with Crippen molar-refractivity contribution in [3.8, 4) is 0 Å². The lowest BCUT2D eigenvalue weighted by Gasteiger charge is -2.28. The van der Waals surface area contributed by atoms with E-state index in [1.54, 1.807) is 0 Å². The van der Waals surface area contributed by atoms with E-state index in [1.165, 1.54) is 16.8 Å². The molecule has 1 aliphatic rings. The molecule has 0 amide bonds. The van der Waals surface area contributed by atoms with Crippen LogP contribution < -0.4 is 10.6 Å². The topological polar surface area (TPSA) is 29.3 Å².